The van der Waals surface area contributed by atoms with Gasteiger partial charge in [-0.25, -0.2) is 0 Å². The van der Waals surface area contributed by atoms with E-state index in [1.54, 1.807) is 6.07 Å². The minimum atomic E-state index is -4.27. The highest BCUT2D eigenvalue weighted by molar-refractivity contribution is 5.25. The first-order valence-corrected chi connectivity index (χ1v) is 7.29. The molecule has 0 amide bonds. The van der Waals surface area contributed by atoms with Crippen molar-refractivity contribution in [2.45, 2.75) is 39.5 Å². The second-order valence-corrected chi connectivity index (χ2v) is 6.75. The first-order chi connectivity index (χ1) is 9.68. The van der Waals surface area contributed by atoms with Crippen molar-refractivity contribution in [3.05, 3.63) is 35.4 Å². The van der Waals surface area contributed by atoms with E-state index in [0.29, 0.717) is 12.6 Å². The summed E-state index contributed by atoms with van der Waals surface area (Å²) in [5, 5.41) is 3.37. The Morgan fingerprint density at radius 1 is 1.24 bits per heavy atom. The van der Waals surface area contributed by atoms with Gasteiger partial charge < -0.3 is 5.32 Å². The van der Waals surface area contributed by atoms with E-state index in [0.717, 1.165) is 31.3 Å². The third kappa shape index (κ3) is 4.20. The quantitative estimate of drug-likeness (QED) is 0.899. The number of halogens is 3. The van der Waals surface area contributed by atoms with E-state index in [-0.39, 0.29) is 5.41 Å². The maximum Gasteiger partial charge on any atom is 0.416 e. The van der Waals surface area contributed by atoms with Crippen LogP contribution in [0.3, 0.4) is 0 Å². The number of nitrogens with one attached hydrogen (secondary N) is 1. The van der Waals surface area contributed by atoms with Gasteiger partial charge >= 0.3 is 6.18 Å². The molecule has 1 aromatic rings. The fourth-order valence-electron chi connectivity index (χ4n) is 2.87. The smallest absolute Gasteiger partial charge is 0.314 e. The Bertz CT molecular complexity index is 477. The van der Waals surface area contributed by atoms with Gasteiger partial charge in [0.1, 0.15) is 0 Å². The average molecular weight is 300 g/mol. The highest BCUT2D eigenvalue weighted by Gasteiger charge is 2.33. The van der Waals surface area contributed by atoms with E-state index in [1.807, 2.05) is 0 Å². The monoisotopic (exact) mass is 300 g/mol. The number of alkyl halides is 3. The Kier molecular flexibility index (Phi) is 4.63. The molecule has 1 aliphatic heterocycles. The summed E-state index contributed by atoms with van der Waals surface area (Å²) in [7, 11) is 0. The standard InChI is InChI=1S/C16H23F3N2/c1-15(2,3)14-10-20-7-8-21(14)11-12-5-4-6-13(9-12)16(17,18)19/h4-6,9,14,20H,7-8,10-11H2,1-3H3. The lowest BCUT2D eigenvalue weighted by atomic mass is 9.84. The van der Waals surface area contributed by atoms with Gasteiger partial charge in [-0.2, -0.15) is 13.2 Å². The van der Waals surface area contributed by atoms with Crippen molar-refractivity contribution >= 4 is 0 Å². The topological polar surface area (TPSA) is 15.3 Å². The van der Waals surface area contributed by atoms with Gasteiger partial charge in [-0.1, -0.05) is 39.0 Å². The summed E-state index contributed by atoms with van der Waals surface area (Å²) in [4.78, 5) is 2.28. The molecule has 2 rings (SSSR count). The van der Waals surface area contributed by atoms with Crippen molar-refractivity contribution in [3.63, 3.8) is 0 Å². The largest absolute Gasteiger partial charge is 0.416 e. The molecular weight excluding hydrogens is 277 g/mol. The third-order valence-corrected chi connectivity index (χ3v) is 3.99. The lowest BCUT2D eigenvalue weighted by Crippen LogP contribution is -2.56. The minimum Gasteiger partial charge on any atom is -0.314 e. The van der Waals surface area contributed by atoms with E-state index in [1.165, 1.54) is 12.1 Å². The maximum absolute atomic E-state index is 12.8. The van der Waals surface area contributed by atoms with E-state index in [2.05, 4.69) is 31.0 Å². The fourth-order valence-corrected chi connectivity index (χ4v) is 2.87. The molecule has 0 saturated carbocycles. The summed E-state index contributed by atoms with van der Waals surface area (Å²) < 4.78 is 38.4. The Morgan fingerprint density at radius 3 is 2.57 bits per heavy atom. The van der Waals surface area contributed by atoms with Crippen molar-refractivity contribution in [1.29, 1.82) is 0 Å². The molecule has 1 heterocycles. The zero-order valence-corrected chi connectivity index (χ0v) is 12.8. The molecule has 1 saturated heterocycles. The first kappa shape index (κ1) is 16.3. The number of benzene rings is 1. The van der Waals surface area contributed by atoms with Crippen LogP contribution in [-0.4, -0.2) is 30.6 Å². The molecule has 0 bridgehead atoms. The minimum absolute atomic E-state index is 0.0923. The molecule has 5 heteroatoms. The molecule has 0 aromatic heterocycles. The van der Waals surface area contributed by atoms with Crippen LogP contribution in [0.2, 0.25) is 0 Å². The zero-order chi connectivity index (χ0) is 15.7. The van der Waals surface area contributed by atoms with Crippen molar-refractivity contribution in [2.75, 3.05) is 19.6 Å². The van der Waals surface area contributed by atoms with Crippen LogP contribution in [0.25, 0.3) is 0 Å². The van der Waals surface area contributed by atoms with Crippen LogP contribution in [0.5, 0.6) is 0 Å². The molecule has 21 heavy (non-hydrogen) atoms. The van der Waals surface area contributed by atoms with Crippen LogP contribution < -0.4 is 5.32 Å². The Morgan fingerprint density at radius 2 is 1.95 bits per heavy atom. The summed E-state index contributed by atoms with van der Waals surface area (Å²) in [6, 6.07) is 5.98. The van der Waals surface area contributed by atoms with Gasteiger partial charge in [0.2, 0.25) is 0 Å². The van der Waals surface area contributed by atoms with Crippen LogP contribution in [0.15, 0.2) is 24.3 Å². The summed E-state index contributed by atoms with van der Waals surface area (Å²) in [5.74, 6) is 0. The second kappa shape index (κ2) is 5.97. The van der Waals surface area contributed by atoms with Gasteiger partial charge in [0.15, 0.2) is 0 Å². The van der Waals surface area contributed by atoms with E-state index in [4.69, 9.17) is 0 Å². The molecule has 1 N–H and O–H groups in total. The molecule has 1 atom stereocenters. The fraction of sp³-hybridized carbons (Fsp3) is 0.625. The van der Waals surface area contributed by atoms with Gasteiger partial charge in [-0.3, -0.25) is 4.90 Å². The predicted octanol–water partition coefficient (Wildman–Crippen LogP) is 3.53. The number of nitrogens with zero attached hydrogens (tertiary/aromatic N) is 1. The van der Waals surface area contributed by atoms with Gasteiger partial charge in [0.25, 0.3) is 0 Å². The van der Waals surface area contributed by atoms with Crippen molar-refractivity contribution < 1.29 is 13.2 Å². The summed E-state index contributed by atoms with van der Waals surface area (Å²) in [6.45, 7) is 9.69. The van der Waals surface area contributed by atoms with Crippen molar-refractivity contribution in [1.82, 2.24) is 10.2 Å². The first-order valence-electron chi connectivity index (χ1n) is 7.29. The molecule has 1 unspecified atom stereocenters. The van der Waals surface area contributed by atoms with Crippen molar-refractivity contribution in [3.8, 4) is 0 Å². The van der Waals surface area contributed by atoms with E-state index < -0.39 is 11.7 Å². The highest BCUT2D eigenvalue weighted by Crippen LogP contribution is 2.31. The third-order valence-electron chi connectivity index (χ3n) is 3.99. The highest BCUT2D eigenvalue weighted by atomic mass is 19.4. The van der Waals surface area contributed by atoms with Crippen LogP contribution in [0.1, 0.15) is 31.9 Å². The lowest BCUT2D eigenvalue weighted by Gasteiger charge is -2.43. The van der Waals surface area contributed by atoms with Gasteiger partial charge in [-0.15, -0.1) is 0 Å². The van der Waals surface area contributed by atoms with Crippen LogP contribution >= 0.6 is 0 Å². The van der Waals surface area contributed by atoms with E-state index in [9.17, 15) is 13.2 Å². The molecule has 1 aromatic carbocycles. The Labute approximate surface area is 124 Å². The van der Waals surface area contributed by atoms with Gasteiger partial charge in [-0.05, 0) is 17.0 Å². The molecule has 118 valence electrons. The summed E-state index contributed by atoms with van der Waals surface area (Å²) in [5.41, 5.74) is 0.248. The molecule has 0 spiro atoms. The Hall–Kier alpha value is -1.07. The molecule has 1 aliphatic rings. The van der Waals surface area contributed by atoms with Crippen molar-refractivity contribution in [2.24, 2.45) is 5.41 Å². The SMILES string of the molecule is CC(C)(C)C1CNCCN1Cc1cccc(C(F)(F)F)c1. The number of hydrogen-bond acceptors (Lipinski definition) is 2. The molecule has 0 aliphatic carbocycles. The molecule has 1 fully saturated rings. The van der Waals surface area contributed by atoms with Crippen LogP contribution in [0.4, 0.5) is 13.2 Å². The lowest BCUT2D eigenvalue weighted by molar-refractivity contribution is -0.137. The second-order valence-electron chi connectivity index (χ2n) is 6.75. The zero-order valence-electron chi connectivity index (χ0n) is 12.8. The summed E-state index contributed by atoms with van der Waals surface area (Å²) in [6.07, 6.45) is -4.27. The number of rotatable bonds is 2. The maximum atomic E-state index is 12.8. The normalized spacial score (nSPS) is 21.5. The van der Waals surface area contributed by atoms with Crippen LogP contribution in [-0.2, 0) is 12.7 Å². The molecule has 2 nitrogen and oxygen atoms in total. The van der Waals surface area contributed by atoms with Gasteiger partial charge in [0, 0.05) is 32.2 Å². The molecule has 0 radical (unpaired) electrons. The Balaban J connectivity index is 2.16. The number of hydrogen-bond donors (Lipinski definition) is 1. The predicted molar refractivity (Wildman–Crippen MR) is 78.0 cm³/mol. The average Bonchev–Trinajstić information content (AvgIpc) is 2.37. The van der Waals surface area contributed by atoms with Gasteiger partial charge in [0.05, 0.1) is 5.56 Å². The van der Waals surface area contributed by atoms with Crippen LogP contribution in [0, 0.1) is 5.41 Å². The molecular formula is C16H23F3N2. The summed E-state index contributed by atoms with van der Waals surface area (Å²) >= 11 is 0. The van der Waals surface area contributed by atoms with E-state index >= 15 is 0 Å². The number of piperazine rings is 1.